The van der Waals surface area contributed by atoms with Crippen LogP contribution in [0.15, 0.2) is 18.2 Å². The molecule has 1 aliphatic heterocycles. The zero-order valence-corrected chi connectivity index (χ0v) is 14.5. The van der Waals surface area contributed by atoms with E-state index in [2.05, 4.69) is 16.3 Å². The Morgan fingerprint density at radius 3 is 2.87 bits per heavy atom. The van der Waals surface area contributed by atoms with Crippen molar-refractivity contribution in [2.45, 2.75) is 52.2 Å². The van der Waals surface area contributed by atoms with E-state index in [0.29, 0.717) is 6.54 Å². The van der Waals surface area contributed by atoms with Gasteiger partial charge in [-0.25, -0.2) is 4.79 Å². The Morgan fingerprint density at radius 1 is 1.35 bits per heavy atom. The summed E-state index contributed by atoms with van der Waals surface area (Å²) < 4.78 is 5.21. The third kappa shape index (κ3) is 5.75. The predicted molar refractivity (Wildman–Crippen MR) is 93.3 cm³/mol. The van der Waals surface area contributed by atoms with Crippen molar-refractivity contribution in [2.75, 3.05) is 25.4 Å². The number of ether oxygens (including phenoxy) is 1. The van der Waals surface area contributed by atoms with E-state index in [1.54, 1.807) is 0 Å². The van der Waals surface area contributed by atoms with Crippen LogP contribution in [0, 0.1) is 0 Å². The average Bonchev–Trinajstić information content (AvgIpc) is 2.45. The Bertz CT molecular complexity index is 538. The number of carbonyl (C=O) groups is 1. The molecule has 0 saturated heterocycles. The fourth-order valence-corrected chi connectivity index (χ4v) is 2.85. The number of nitrogens with one attached hydrogen (secondary N) is 1. The van der Waals surface area contributed by atoms with E-state index in [1.165, 1.54) is 11.1 Å². The highest BCUT2D eigenvalue weighted by molar-refractivity contribution is 5.67. The van der Waals surface area contributed by atoms with Crippen LogP contribution in [0.1, 0.15) is 44.7 Å². The summed E-state index contributed by atoms with van der Waals surface area (Å²) in [6.45, 7) is 9.34. The van der Waals surface area contributed by atoms with Gasteiger partial charge in [-0.15, -0.1) is 0 Å². The number of alkyl carbamates (subject to hydrolysis) is 1. The van der Waals surface area contributed by atoms with Crippen LogP contribution in [-0.4, -0.2) is 36.2 Å². The van der Waals surface area contributed by atoms with Gasteiger partial charge in [0.15, 0.2) is 0 Å². The first kappa shape index (κ1) is 17.6. The van der Waals surface area contributed by atoms with Crippen molar-refractivity contribution < 1.29 is 9.53 Å². The van der Waals surface area contributed by atoms with Crippen molar-refractivity contribution in [2.24, 2.45) is 0 Å². The van der Waals surface area contributed by atoms with E-state index >= 15 is 0 Å². The molecule has 0 fully saturated rings. The summed E-state index contributed by atoms with van der Waals surface area (Å²) in [5.41, 5.74) is 9.18. The summed E-state index contributed by atoms with van der Waals surface area (Å²) in [4.78, 5) is 14.0. The fourth-order valence-electron chi connectivity index (χ4n) is 2.85. The van der Waals surface area contributed by atoms with Crippen molar-refractivity contribution in [1.29, 1.82) is 0 Å². The molecule has 3 N–H and O–H groups in total. The van der Waals surface area contributed by atoms with Crippen LogP contribution in [-0.2, 0) is 17.7 Å². The second kappa shape index (κ2) is 7.68. The van der Waals surface area contributed by atoms with Gasteiger partial charge in [0.05, 0.1) is 0 Å². The highest BCUT2D eigenvalue weighted by Gasteiger charge is 2.18. The standard InChI is InChI=1S/C18H29N3O2/c1-18(2,3)23-17(22)20-10-4-5-11-21-12-9-15-14(13-21)7-6-8-16(15)19/h6-8H,4-5,9-13,19H2,1-3H3,(H,20,22). The van der Waals surface area contributed by atoms with Crippen molar-refractivity contribution in [3.05, 3.63) is 29.3 Å². The smallest absolute Gasteiger partial charge is 0.407 e. The molecule has 0 bridgehead atoms. The third-order valence-electron chi connectivity index (χ3n) is 3.95. The third-order valence-corrected chi connectivity index (χ3v) is 3.95. The average molecular weight is 319 g/mol. The normalized spacial score (nSPS) is 15.1. The van der Waals surface area contributed by atoms with Gasteiger partial charge in [0.25, 0.3) is 0 Å². The number of fused-ring (bicyclic) bond motifs is 1. The molecule has 2 rings (SSSR count). The second-order valence-electron chi connectivity index (χ2n) is 7.15. The molecular formula is C18H29N3O2. The van der Waals surface area contributed by atoms with Crippen LogP contribution in [0.3, 0.4) is 0 Å². The first-order valence-corrected chi connectivity index (χ1v) is 8.40. The molecule has 1 amide bonds. The van der Waals surface area contributed by atoms with Crippen molar-refractivity contribution in [1.82, 2.24) is 10.2 Å². The number of nitrogen functional groups attached to an aromatic ring is 1. The number of rotatable bonds is 5. The number of hydrogen-bond donors (Lipinski definition) is 2. The van der Waals surface area contributed by atoms with Gasteiger partial charge < -0.3 is 15.8 Å². The minimum atomic E-state index is -0.437. The monoisotopic (exact) mass is 319 g/mol. The lowest BCUT2D eigenvalue weighted by atomic mass is 9.98. The van der Waals surface area contributed by atoms with Crippen molar-refractivity contribution >= 4 is 11.8 Å². The van der Waals surface area contributed by atoms with E-state index in [9.17, 15) is 4.79 Å². The molecule has 0 atom stereocenters. The van der Waals surface area contributed by atoms with Crippen LogP contribution < -0.4 is 11.1 Å². The lowest BCUT2D eigenvalue weighted by molar-refractivity contribution is 0.0526. The first-order chi connectivity index (χ1) is 10.8. The number of amides is 1. The molecule has 23 heavy (non-hydrogen) atoms. The zero-order valence-electron chi connectivity index (χ0n) is 14.5. The number of hydrogen-bond acceptors (Lipinski definition) is 4. The van der Waals surface area contributed by atoms with E-state index in [-0.39, 0.29) is 6.09 Å². The molecule has 0 saturated carbocycles. The Kier molecular flexibility index (Phi) is 5.88. The van der Waals surface area contributed by atoms with Gasteiger partial charge in [0, 0.05) is 25.3 Å². The van der Waals surface area contributed by atoms with E-state index < -0.39 is 5.60 Å². The van der Waals surface area contributed by atoms with Gasteiger partial charge in [-0.2, -0.15) is 0 Å². The second-order valence-corrected chi connectivity index (χ2v) is 7.15. The molecule has 5 heteroatoms. The van der Waals surface area contributed by atoms with Gasteiger partial charge >= 0.3 is 6.09 Å². The molecule has 0 spiro atoms. The summed E-state index contributed by atoms with van der Waals surface area (Å²) in [6, 6.07) is 6.18. The Hall–Kier alpha value is -1.75. The van der Waals surface area contributed by atoms with Gasteiger partial charge in [-0.3, -0.25) is 4.90 Å². The molecule has 0 aliphatic carbocycles. The van der Waals surface area contributed by atoms with Gasteiger partial charge in [0.2, 0.25) is 0 Å². The summed E-state index contributed by atoms with van der Waals surface area (Å²) in [6.07, 6.45) is 2.71. The maximum absolute atomic E-state index is 11.5. The highest BCUT2D eigenvalue weighted by Crippen LogP contribution is 2.24. The lowest BCUT2D eigenvalue weighted by Crippen LogP contribution is -2.34. The molecule has 1 aromatic rings. The topological polar surface area (TPSA) is 67.6 Å². The largest absolute Gasteiger partial charge is 0.444 e. The predicted octanol–water partition coefficient (Wildman–Crippen LogP) is 2.93. The van der Waals surface area contributed by atoms with Crippen molar-refractivity contribution in [3.8, 4) is 0 Å². The molecule has 1 aromatic carbocycles. The summed E-state index contributed by atoms with van der Waals surface area (Å²) in [7, 11) is 0. The molecule has 128 valence electrons. The zero-order chi connectivity index (χ0) is 16.9. The highest BCUT2D eigenvalue weighted by atomic mass is 16.6. The molecule has 0 unspecified atom stereocenters. The summed E-state index contributed by atoms with van der Waals surface area (Å²) in [5.74, 6) is 0. The molecule has 5 nitrogen and oxygen atoms in total. The summed E-state index contributed by atoms with van der Waals surface area (Å²) in [5, 5.41) is 2.80. The quantitative estimate of drug-likeness (QED) is 0.647. The molecule has 1 aliphatic rings. The van der Waals surface area contributed by atoms with Crippen LogP contribution in [0.25, 0.3) is 0 Å². The van der Waals surface area contributed by atoms with Crippen molar-refractivity contribution in [3.63, 3.8) is 0 Å². The minimum absolute atomic E-state index is 0.333. The number of benzene rings is 1. The first-order valence-electron chi connectivity index (χ1n) is 8.40. The molecule has 1 heterocycles. The molecule has 0 aromatic heterocycles. The number of carbonyl (C=O) groups excluding carboxylic acids is 1. The number of nitrogens with two attached hydrogens (primary N) is 1. The van der Waals surface area contributed by atoms with Crippen LogP contribution in [0.2, 0.25) is 0 Å². The molecule has 0 radical (unpaired) electrons. The number of unbranched alkanes of at least 4 members (excludes halogenated alkanes) is 1. The summed E-state index contributed by atoms with van der Waals surface area (Å²) >= 11 is 0. The van der Waals surface area contributed by atoms with Gasteiger partial charge in [-0.1, -0.05) is 12.1 Å². The van der Waals surface area contributed by atoms with E-state index in [4.69, 9.17) is 10.5 Å². The minimum Gasteiger partial charge on any atom is -0.444 e. The maximum Gasteiger partial charge on any atom is 0.407 e. The van der Waals surface area contributed by atoms with E-state index in [0.717, 1.165) is 44.6 Å². The van der Waals surface area contributed by atoms with Gasteiger partial charge in [0.1, 0.15) is 5.60 Å². The Morgan fingerprint density at radius 2 is 2.13 bits per heavy atom. The SMILES string of the molecule is CC(C)(C)OC(=O)NCCCCN1CCc2c(N)cccc2C1. The number of nitrogens with zero attached hydrogens (tertiary/aromatic N) is 1. The molecular weight excluding hydrogens is 290 g/mol. The Balaban J connectivity index is 1.64. The van der Waals surface area contributed by atoms with Gasteiger partial charge in [-0.05, 0) is 63.8 Å². The Labute approximate surface area is 139 Å². The van der Waals surface area contributed by atoms with Crippen LogP contribution in [0.4, 0.5) is 10.5 Å². The lowest BCUT2D eigenvalue weighted by Gasteiger charge is -2.29. The number of anilines is 1. The van der Waals surface area contributed by atoms with E-state index in [1.807, 2.05) is 32.9 Å². The maximum atomic E-state index is 11.5. The fraction of sp³-hybridized carbons (Fsp3) is 0.611. The van der Waals surface area contributed by atoms with Crippen LogP contribution in [0.5, 0.6) is 0 Å². The van der Waals surface area contributed by atoms with Crippen LogP contribution >= 0.6 is 0 Å².